The van der Waals surface area contributed by atoms with Crippen molar-refractivity contribution >= 4 is 17.5 Å². The predicted octanol–water partition coefficient (Wildman–Crippen LogP) is 0.451. The molecule has 0 aromatic heterocycles. The van der Waals surface area contributed by atoms with Crippen LogP contribution in [0.4, 0.5) is 0 Å². The lowest BCUT2D eigenvalue weighted by molar-refractivity contribution is -0.139. The third kappa shape index (κ3) is 10.4. The summed E-state index contributed by atoms with van der Waals surface area (Å²) in [7, 11) is 3.10. The van der Waals surface area contributed by atoms with E-state index in [1.807, 2.05) is 0 Å². The monoisotopic (exact) mass is 317 g/mol. The highest BCUT2D eigenvalue weighted by Gasteiger charge is 2.20. The van der Waals surface area contributed by atoms with E-state index in [1.165, 1.54) is 25.9 Å². The van der Waals surface area contributed by atoms with Crippen LogP contribution in [-0.4, -0.2) is 75.6 Å². The fourth-order valence-corrected chi connectivity index (χ4v) is 1.57. The Kier molecular flexibility index (Phi) is 11.5. The summed E-state index contributed by atoms with van der Waals surface area (Å²) >= 11 is 0. The molecule has 0 spiro atoms. The van der Waals surface area contributed by atoms with Crippen molar-refractivity contribution < 1.29 is 28.6 Å². The quantitative estimate of drug-likeness (QED) is 0.459. The minimum absolute atomic E-state index is 0.0199. The smallest absolute Gasteiger partial charge is 0.248 e. The fraction of sp³-hybridized carbons (Fsp3) is 0.800. The molecule has 0 aliphatic carbocycles. The Morgan fingerprint density at radius 1 is 0.955 bits per heavy atom. The van der Waals surface area contributed by atoms with Crippen LogP contribution in [0.15, 0.2) is 0 Å². The van der Waals surface area contributed by atoms with Gasteiger partial charge >= 0.3 is 0 Å². The van der Waals surface area contributed by atoms with Crippen molar-refractivity contribution in [2.45, 2.75) is 32.7 Å². The molecule has 0 atom stereocenters. The molecule has 128 valence electrons. The highest BCUT2D eigenvalue weighted by Crippen LogP contribution is 2.02. The number of amides is 1. The van der Waals surface area contributed by atoms with Gasteiger partial charge in [-0.25, -0.2) is 0 Å². The average molecular weight is 317 g/mol. The number of likely N-dealkylation sites (N-methyl/N-ethyl adjacent to an activating group) is 1. The molecule has 0 aliphatic rings. The molecule has 0 bridgehead atoms. The van der Waals surface area contributed by atoms with Crippen LogP contribution in [0.2, 0.25) is 0 Å². The number of hydrogen-bond acceptors (Lipinski definition) is 6. The SMILES string of the molecule is COCC(=O)N(C)C(COCCC(C)=O)COCCC(C)=O. The second-order valence-corrected chi connectivity index (χ2v) is 5.15. The van der Waals surface area contributed by atoms with E-state index < -0.39 is 0 Å². The van der Waals surface area contributed by atoms with Crippen molar-refractivity contribution in [1.82, 2.24) is 4.90 Å². The number of ether oxygens (including phenoxy) is 3. The van der Waals surface area contributed by atoms with Gasteiger partial charge in [0.2, 0.25) is 5.91 Å². The third-order valence-electron chi connectivity index (χ3n) is 3.03. The Bertz CT molecular complexity index is 336. The van der Waals surface area contributed by atoms with Gasteiger partial charge in [0, 0.05) is 27.0 Å². The molecule has 0 unspecified atom stereocenters. The third-order valence-corrected chi connectivity index (χ3v) is 3.03. The molecule has 0 radical (unpaired) electrons. The van der Waals surface area contributed by atoms with Gasteiger partial charge in [-0.15, -0.1) is 0 Å². The van der Waals surface area contributed by atoms with Gasteiger partial charge < -0.3 is 19.1 Å². The van der Waals surface area contributed by atoms with E-state index in [4.69, 9.17) is 14.2 Å². The highest BCUT2D eigenvalue weighted by atomic mass is 16.5. The van der Waals surface area contributed by atoms with Crippen LogP contribution in [0.25, 0.3) is 0 Å². The van der Waals surface area contributed by atoms with Gasteiger partial charge in [0.1, 0.15) is 18.2 Å². The number of hydrogen-bond donors (Lipinski definition) is 0. The summed E-state index contributed by atoms with van der Waals surface area (Å²) in [6, 6.07) is -0.290. The average Bonchev–Trinajstić information content (AvgIpc) is 2.44. The maximum atomic E-state index is 11.8. The summed E-state index contributed by atoms with van der Waals surface area (Å²) in [4.78, 5) is 35.1. The maximum absolute atomic E-state index is 11.8. The van der Waals surface area contributed by atoms with Gasteiger partial charge in [-0.3, -0.25) is 14.4 Å². The van der Waals surface area contributed by atoms with Gasteiger partial charge in [-0.05, 0) is 13.8 Å². The number of carbonyl (C=O) groups is 3. The van der Waals surface area contributed by atoms with E-state index in [2.05, 4.69) is 0 Å². The Labute approximate surface area is 131 Å². The molecule has 0 heterocycles. The topological polar surface area (TPSA) is 82.1 Å². The zero-order valence-corrected chi connectivity index (χ0v) is 13.9. The molecule has 0 N–H and O–H groups in total. The molecular formula is C15H27NO6. The van der Waals surface area contributed by atoms with Crippen molar-refractivity contribution in [2.75, 3.05) is 47.2 Å². The number of rotatable bonds is 13. The lowest BCUT2D eigenvalue weighted by Gasteiger charge is -2.27. The predicted molar refractivity (Wildman–Crippen MR) is 80.7 cm³/mol. The summed E-state index contributed by atoms with van der Waals surface area (Å²) < 4.78 is 15.7. The van der Waals surface area contributed by atoms with Crippen LogP contribution < -0.4 is 0 Å². The first kappa shape index (κ1) is 20.7. The van der Waals surface area contributed by atoms with Crippen LogP contribution in [0.5, 0.6) is 0 Å². The molecule has 0 saturated carbocycles. The lowest BCUT2D eigenvalue weighted by atomic mass is 10.2. The van der Waals surface area contributed by atoms with Crippen molar-refractivity contribution in [3.05, 3.63) is 0 Å². The van der Waals surface area contributed by atoms with Gasteiger partial charge in [0.25, 0.3) is 0 Å². The minimum atomic E-state index is -0.290. The van der Waals surface area contributed by atoms with Crippen LogP contribution in [0, 0.1) is 0 Å². The molecule has 0 saturated heterocycles. The maximum Gasteiger partial charge on any atom is 0.248 e. The molecular weight excluding hydrogens is 290 g/mol. The molecule has 7 heteroatoms. The second-order valence-electron chi connectivity index (χ2n) is 5.15. The molecule has 0 aromatic rings. The largest absolute Gasteiger partial charge is 0.379 e. The van der Waals surface area contributed by atoms with E-state index in [1.54, 1.807) is 7.05 Å². The van der Waals surface area contributed by atoms with Crippen molar-refractivity contribution in [3.8, 4) is 0 Å². The molecule has 22 heavy (non-hydrogen) atoms. The fourth-order valence-electron chi connectivity index (χ4n) is 1.57. The molecule has 0 aromatic carbocycles. The van der Waals surface area contributed by atoms with Crippen LogP contribution >= 0.6 is 0 Å². The summed E-state index contributed by atoms with van der Waals surface area (Å²) in [6.45, 7) is 4.13. The van der Waals surface area contributed by atoms with Gasteiger partial charge in [-0.2, -0.15) is 0 Å². The van der Waals surface area contributed by atoms with Gasteiger partial charge in [0.05, 0.1) is 32.5 Å². The van der Waals surface area contributed by atoms with E-state index in [0.29, 0.717) is 26.1 Å². The highest BCUT2D eigenvalue weighted by molar-refractivity contribution is 5.77. The number of methoxy groups -OCH3 is 1. The first-order valence-electron chi connectivity index (χ1n) is 7.27. The molecule has 0 aliphatic heterocycles. The van der Waals surface area contributed by atoms with Crippen LogP contribution in [0.1, 0.15) is 26.7 Å². The molecule has 1 amide bonds. The lowest BCUT2D eigenvalue weighted by Crippen LogP contribution is -2.44. The number of Topliss-reactive ketones (excluding diaryl/α,β-unsaturated/α-hetero) is 2. The summed E-state index contributed by atoms with van der Waals surface area (Å²) in [5, 5.41) is 0. The number of ketones is 2. The molecule has 0 fully saturated rings. The second kappa shape index (κ2) is 12.3. The normalized spacial score (nSPS) is 10.8. The number of carbonyl (C=O) groups excluding carboxylic acids is 3. The zero-order valence-electron chi connectivity index (χ0n) is 13.9. The van der Waals surface area contributed by atoms with Crippen molar-refractivity contribution in [2.24, 2.45) is 0 Å². The summed E-state index contributed by atoms with van der Waals surface area (Å²) in [5.41, 5.74) is 0. The van der Waals surface area contributed by atoms with E-state index in [-0.39, 0.29) is 43.3 Å². The van der Waals surface area contributed by atoms with E-state index >= 15 is 0 Å². The van der Waals surface area contributed by atoms with Crippen LogP contribution in [0.3, 0.4) is 0 Å². The van der Waals surface area contributed by atoms with Crippen molar-refractivity contribution in [1.29, 1.82) is 0 Å². The van der Waals surface area contributed by atoms with Gasteiger partial charge in [0.15, 0.2) is 0 Å². The number of nitrogens with zero attached hydrogens (tertiary/aromatic N) is 1. The van der Waals surface area contributed by atoms with Crippen molar-refractivity contribution in [3.63, 3.8) is 0 Å². The Morgan fingerprint density at radius 3 is 1.77 bits per heavy atom. The Morgan fingerprint density at radius 2 is 1.41 bits per heavy atom. The minimum Gasteiger partial charge on any atom is -0.379 e. The van der Waals surface area contributed by atoms with E-state index in [0.717, 1.165) is 0 Å². The zero-order chi connectivity index (χ0) is 17.0. The molecule has 7 nitrogen and oxygen atoms in total. The Balaban J connectivity index is 4.31. The summed E-state index contributed by atoms with van der Waals surface area (Å²) in [5.74, 6) is -0.0750. The first-order chi connectivity index (χ1) is 10.4. The van der Waals surface area contributed by atoms with Crippen LogP contribution in [-0.2, 0) is 28.6 Å². The summed E-state index contributed by atoms with van der Waals surface area (Å²) in [6.07, 6.45) is 0.682. The van der Waals surface area contributed by atoms with E-state index in [9.17, 15) is 14.4 Å². The standard InChI is InChI=1S/C15H27NO6/c1-12(17)5-7-21-9-14(10-22-8-6-13(2)18)16(3)15(19)11-20-4/h14H,5-11H2,1-4H3. The Hall–Kier alpha value is -1.31. The first-order valence-corrected chi connectivity index (χ1v) is 7.27. The van der Waals surface area contributed by atoms with Gasteiger partial charge in [-0.1, -0.05) is 0 Å². The molecule has 0 rings (SSSR count).